The van der Waals surface area contributed by atoms with Crippen LogP contribution in [0.5, 0.6) is 11.5 Å². The van der Waals surface area contributed by atoms with E-state index in [4.69, 9.17) is 16.3 Å². The zero-order valence-electron chi connectivity index (χ0n) is 14.7. The van der Waals surface area contributed by atoms with Crippen molar-refractivity contribution in [2.45, 2.75) is 31.1 Å². The summed E-state index contributed by atoms with van der Waals surface area (Å²) in [6, 6.07) is 24.7. The van der Waals surface area contributed by atoms with Gasteiger partial charge in [-0.25, -0.2) is 0 Å². The normalized spacial score (nSPS) is 15.0. The van der Waals surface area contributed by atoms with E-state index in [9.17, 15) is 0 Å². The number of benzene rings is 3. The minimum absolute atomic E-state index is 0.115. The Morgan fingerprint density at radius 2 is 1.20 bits per heavy atom. The summed E-state index contributed by atoms with van der Waals surface area (Å²) in [6.45, 7) is 6.66. The second-order valence-corrected chi connectivity index (χ2v) is 8.15. The third-order valence-corrected chi connectivity index (χ3v) is 5.51. The zero-order valence-corrected chi connectivity index (χ0v) is 15.5. The number of rotatable bonds is 1. The number of hydrogen-bond acceptors (Lipinski definition) is 1. The first-order valence-corrected chi connectivity index (χ1v) is 8.95. The van der Waals surface area contributed by atoms with Gasteiger partial charge in [-0.1, -0.05) is 81.4 Å². The maximum atomic E-state index is 7.35. The summed E-state index contributed by atoms with van der Waals surface area (Å²) in [5, 5.41) is 0. The Balaban J connectivity index is 1.94. The van der Waals surface area contributed by atoms with Crippen LogP contribution in [-0.2, 0) is 10.3 Å². The number of hydrogen-bond donors (Lipinski definition) is 0. The van der Waals surface area contributed by atoms with Crippen LogP contribution in [-0.4, -0.2) is 0 Å². The molecule has 1 nitrogen and oxygen atoms in total. The lowest BCUT2D eigenvalue weighted by Crippen LogP contribution is -2.27. The van der Waals surface area contributed by atoms with Crippen molar-refractivity contribution in [3.05, 3.63) is 95.1 Å². The molecule has 0 N–H and O–H groups in total. The molecule has 2 heteroatoms. The first-order valence-electron chi connectivity index (χ1n) is 8.57. The number of para-hydroxylation sites is 2. The van der Waals surface area contributed by atoms with Crippen LogP contribution in [0.4, 0.5) is 0 Å². The molecule has 0 atom stereocenters. The Morgan fingerprint density at radius 1 is 0.720 bits per heavy atom. The maximum absolute atomic E-state index is 7.35. The first kappa shape index (κ1) is 16.2. The van der Waals surface area contributed by atoms with Gasteiger partial charge >= 0.3 is 0 Å². The lowest BCUT2D eigenvalue weighted by Gasteiger charge is -2.36. The van der Waals surface area contributed by atoms with Crippen molar-refractivity contribution in [3.63, 3.8) is 0 Å². The monoisotopic (exact) mass is 348 g/mol. The first-order chi connectivity index (χ1) is 11.9. The molecule has 25 heavy (non-hydrogen) atoms. The van der Waals surface area contributed by atoms with E-state index in [-0.39, 0.29) is 5.41 Å². The SMILES string of the molecule is CC(C)(C)c1ccc(C2(Cl)c3ccccc3Oc3ccccc32)cc1. The molecule has 4 rings (SSSR count). The van der Waals surface area contributed by atoms with Crippen LogP contribution >= 0.6 is 11.6 Å². The van der Waals surface area contributed by atoms with Crippen LogP contribution in [0.25, 0.3) is 0 Å². The molecule has 0 aromatic heterocycles. The highest BCUT2D eigenvalue weighted by atomic mass is 35.5. The molecule has 3 aromatic carbocycles. The van der Waals surface area contributed by atoms with Crippen LogP contribution in [0, 0.1) is 0 Å². The van der Waals surface area contributed by atoms with Crippen molar-refractivity contribution >= 4 is 11.6 Å². The minimum Gasteiger partial charge on any atom is -0.457 e. The van der Waals surface area contributed by atoms with Gasteiger partial charge in [0.2, 0.25) is 0 Å². The molecule has 0 amide bonds. The van der Waals surface area contributed by atoms with E-state index in [0.717, 1.165) is 28.2 Å². The van der Waals surface area contributed by atoms with Gasteiger partial charge in [0.15, 0.2) is 0 Å². The van der Waals surface area contributed by atoms with E-state index in [2.05, 4.69) is 57.2 Å². The third kappa shape index (κ3) is 2.54. The lowest BCUT2D eigenvalue weighted by molar-refractivity contribution is 0.446. The van der Waals surface area contributed by atoms with Crippen LogP contribution < -0.4 is 4.74 Å². The molecule has 1 heterocycles. The highest BCUT2D eigenvalue weighted by molar-refractivity contribution is 6.28. The zero-order chi connectivity index (χ0) is 17.7. The molecule has 1 aliphatic heterocycles. The molecule has 0 radical (unpaired) electrons. The predicted molar refractivity (Wildman–Crippen MR) is 104 cm³/mol. The van der Waals surface area contributed by atoms with Crippen LogP contribution in [0.1, 0.15) is 43.0 Å². The fourth-order valence-corrected chi connectivity index (χ4v) is 3.89. The quantitative estimate of drug-likeness (QED) is 0.449. The van der Waals surface area contributed by atoms with Gasteiger partial charge in [0.25, 0.3) is 0 Å². The van der Waals surface area contributed by atoms with Crippen LogP contribution in [0.15, 0.2) is 72.8 Å². The summed E-state index contributed by atoms with van der Waals surface area (Å²) in [4.78, 5) is -0.748. The van der Waals surface area contributed by atoms with Crippen molar-refractivity contribution in [3.8, 4) is 11.5 Å². The lowest BCUT2D eigenvalue weighted by atomic mass is 9.80. The molecule has 126 valence electrons. The fourth-order valence-electron chi connectivity index (χ4n) is 3.45. The molecule has 0 saturated carbocycles. The summed E-state index contributed by atoms with van der Waals surface area (Å²) >= 11 is 7.35. The van der Waals surface area contributed by atoms with Gasteiger partial charge in [0, 0.05) is 11.1 Å². The van der Waals surface area contributed by atoms with Gasteiger partial charge in [0.05, 0.1) is 0 Å². The maximum Gasteiger partial charge on any atom is 0.133 e. The number of fused-ring (bicyclic) bond motifs is 2. The fraction of sp³-hybridized carbons (Fsp3) is 0.217. The summed E-state index contributed by atoms with van der Waals surface area (Å²) in [5.41, 5.74) is 4.44. The second-order valence-electron chi connectivity index (χ2n) is 7.58. The standard InChI is InChI=1S/C23H21ClO/c1-22(2,3)16-12-14-17(15-13-16)23(24)18-8-4-6-10-20(18)25-21-11-7-5-9-19(21)23/h4-15H,1-3H3. The molecular weight excluding hydrogens is 328 g/mol. The van der Waals surface area contributed by atoms with Gasteiger partial charge in [-0.3, -0.25) is 0 Å². The minimum atomic E-state index is -0.748. The average molecular weight is 349 g/mol. The van der Waals surface area contributed by atoms with E-state index >= 15 is 0 Å². The molecule has 1 aliphatic rings. The van der Waals surface area contributed by atoms with E-state index < -0.39 is 4.87 Å². The summed E-state index contributed by atoms with van der Waals surface area (Å²) in [5.74, 6) is 1.63. The topological polar surface area (TPSA) is 9.23 Å². The van der Waals surface area contributed by atoms with Crippen molar-refractivity contribution in [1.29, 1.82) is 0 Å². The second kappa shape index (κ2) is 5.64. The van der Waals surface area contributed by atoms with Gasteiger partial charge in [-0.2, -0.15) is 0 Å². The van der Waals surface area contributed by atoms with Gasteiger partial charge in [-0.05, 0) is 28.7 Å². The van der Waals surface area contributed by atoms with Crippen molar-refractivity contribution < 1.29 is 4.74 Å². The molecular formula is C23H21ClO. The Morgan fingerprint density at radius 3 is 1.68 bits per heavy atom. The largest absolute Gasteiger partial charge is 0.457 e. The molecule has 0 unspecified atom stereocenters. The Bertz CT molecular complexity index is 874. The Kier molecular flexibility index (Phi) is 3.66. The third-order valence-electron chi connectivity index (χ3n) is 4.89. The molecule has 0 saturated heterocycles. The van der Waals surface area contributed by atoms with Crippen LogP contribution in [0.2, 0.25) is 0 Å². The Labute approximate surface area is 154 Å². The predicted octanol–water partition coefficient (Wildman–Crippen LogP) is 6.62. The van der Waals surface area contributed by atoms with E-state index in [0.29, 0.717) is 0 Å². The summed E-state index contributed by atoms with van der Waals surface area (Å²) in [6.07, 6.45) is 0. The highest BCUT2D eigenvalue weighted by Gasteiger charge is 2.42. The Hall–Kier alpha value is -2.25. The van der Waals surface area contributed by atoms with Gasteiger partial charge in [0.1, 0.15) is 16.4 Å². The number of alkyl halides is 1. The van der Waals surface area contributed by atoms with Crippen LogP contribution in [0.3, 0.4) is 0 Å². The van der Waals surface area contributed by atoms with Gasteiger partial charge in [-0.15, -0.1) is 11.6 Å². The summed E-state index contributed by atoms with van der Waals surface area (Å²) < 4.78 is 6.09. The number of ether oxygens (including phenoxy) is 1. The van der Waals surface area contributed by atoms with Gasteiger partial charge < -0.3 is 4.74 Å². The molecule has 0 bridgehead atoms. The number of halogens is 1. The molecule has 0 aliphatic carbocycles. The summed E-state index contributed by atoms with van der Waals surface area (Å²) in [7, 11) is 0. The smallest absolute Gasteiger partial charge is 0.133 e. The van der Waals surface area contributed by atoms with E-state index in [1.807, 2.05) is 36.4 Å². The van der Waals surface area contributed by atoms with Crippen molar-refractivity contribution in [2.75, 3.05) is 0 Å². The molecule has 3 aromatic rings. The molecule has 0 fully saturated rings. The van der Waals surface area contributed by atoms with E-state index in [1.165, 1.54) is 5.56 Å². The van der Waals surface area contributed by atoms with Crippen molar-refractivity contribution in [1.82, 2.24) is 0 Å². The van der Waals surface area contributed by atoms with Crippen molar-refractivity contribution in [2.24, 2.45) is 0 Å². The highest BCUT2D eigenvalue weighted by Crippen LogP contribution is 2.54. The average Bonchev–Trinajstić information content (AvgIpc) is 2.61. The molecule has 0 spiro atoms. The van der Waals surface area contributed by atoms with E-state index in [1.54, 1.807) is 0 Å².